The molecule has 1 unspecified atom stereocenters. The van der Waals surface area contributed by atoms with Crippen molar-refractivity contribution in [3.05, 3.63) is 46.5 Å². The fraction of sp³-hybridized carbons (Fsp3) is 0.182. The van der Waals surface area contributed by atoms with Gasteiger partial charge in [0.2, 0.25) is 0 Å². The van der Waals surface area contributed by atoms with Gasteiger partial charge in [0, 0.05) is 23.7 Å². The smallest absolute Gasteiger partial charge is 0.145 e. The van der Waals surface area contributed by atoms with Crippen molar-refractivity contribution in [2.45, 2.75) is 12.6 Å². The molecule has 1 atom stereocenters. The van der Waals surface area contributed by atoms with E-state index in [1.165, 1.54) is 6.07 Å². The first-order valence-corrected chi connectivity index (χ1v) is 5.65. The predicted molar refractivity (Wildman–Crippen MR) is 66.9 cm³/mol. The van der Waals surface area contributed by atoms with E-state index in [-0.39, 0.29) is 17.0 Å². The first-order valence-electron chi connectivity index (χ1n) is 4.80. The highest BCUT2D eigenvalue weighted by Gasteiger charge is 2.14. The van der Waals surface area contributed by atoms with Gasteiger partial charge in [0.1, 0.15) is 12.0 Å². The van der Waals surface area contributed by atoms with Gasteiger partial charge in [-0.3, -0.25) is 0 Å². The molecule has 1 aromatic rings. The van der Waals surface area contributed by atoms with Crippen LogP contribution in [0.1, 0.15) is 5.56 Å². The van der Waals surface area contributed by atoms with Gasteiger partial charge in [-0.1, -0.05) is 36.0 Å². The third-order valence-corrected chi connectivity index (χ3v) is 2.89. The lowest BCUT2D eigenvalue weighted by Crippen LogP contribution is -2.33. The van der Waals surface area contributed by atoms with Crippen LogP contribution in [-0.2, 0) is 6.42 Å². The van der Waals surface area contributed by atoms with Gasteiger partial charge in [-0.25, -0.2) is 4.39 Å². The number of thiocarbonyl (C=S) groups is 1. The third kappa shape index (κ3) is 2.33. The van der Waals surface area contributed by atoms with Gasteiger partial charge in [-0.2, -0.15) is 0 Å². The van der Waals surface area contributed by atoms with Gasteiger partial charge in [-0.05, 0) is 11.6 Å². The van der Waals surface area contributed by atoms with E-state index in [2.05, 4.69) is 10.6 Å². The Labute approximate surface area is 103 Å². The molecule has 0 amide bonds. The quantitative estimate of drug-likeness (QED) is 0.812. The molecule has 0 saturated heterocycles. The van der Waals surface area contributed by atoms with Crippen molar-refractivity contribution in [1.82, 2.24) is 10.6 Å². The molecule has 0 bridgehead atoms. The SMILES string of the molecule is Fc1c(Cl)cccc1CC1=CNC(C=S)N1. The Balaban J connectivity index is 2.11. The van der Waals surface area contributed by atoms with E-state index in [0.717, 1.165) is 5.70 Å². The van der Waals surface area contributed by atoms with Crippen molar-refractivity contribution in [2.24, 2.45) is 0 Å². The highest BCUT2D eigenvalue weighted by molar-refractivity contribution is 7.79. The molecule has 84 valence electrons. The van der Waals surface area contributed by atoms with Crippen molar-refractivity contribution in [3.8, 4) is 0 Å². The second kappa shape index (κ2) is 4.80. The Morgan fingerprint density at radius 3 is 3.00 bits per heavy atom. The lowest BCUT2D eigenvalue weighted by Gasteiger charge is -2.09. The minimum absolute atomic E-state index is 0.0488. The molecule has 0 spiro atoms. The average molecular weight is 257 g/mol. The van der Waals surface area contributed by atoms with E-state index in [0.29, 0.717) is 12.0 Å². The Morgan fingerprint density at radius 1 is 1.50 bits per heavy atom. The summed E-state index contributed by atoms with van der Waals surface area (Å²) in [6.07, 6.45) is 2.22. The maximum Gasteiger partial charge on any atom is 0.145 e. The molecule has 5 heteroatoms. The zero-order valence-electron chi connectivity index (χ0n) is 8.34. The standard InChI is InChI=1S/C11H10ClFN2S/c12-9-3-1-2-7(11(9)13)4-8-5-14-10(6-16)15-8/h1-3,5-6,10,14-15H,4H2. The van der Waals surface area contributed by atoms with Crippen molar-refractivity contribution in [1.29, 1.82) is 0 Å². The summed E-state index contributed by atoms with van der Waals surface area (Å²) in [5.74, 6) is -0.363. The first kappa shape index (κ1) is 11.4. The average Bonchev–Trinajstić information content (AvgIpc) is 2.73. The Morgan fingerprint density at radius 2 is 2.31 bits per heavy atom. The molecule has 0 radical (unpaired) electrons. The van der Waals surface area contributed by atoms with Crippen molar-refractivity contribution in [2.75, 3.05) is 0 Å². The minimum Gasteiger partial charge on any atom is -0.366 e. The molecule has 0 fully saturated rings. The summed E-state index contributed by atoms with van der Waals surface area (Å²) < 4.78 is 13.6. The Hall–Kier alpha value is -1.13. The zero-order chi connectivity index (χ0) is 11.5. The summed E-state index contributed by atoms with van der Waals surface area (Å²) in [6, 6.07) is 4.99. The van der Waals surface area contributed by atoms with Crippen LogP contribution in [0.5, 0.6) is 0 Å². The highest BCUT2D eigenvalue weighted by Crippen LogP contribution is 2.20. The van der Waals surface area contributed by atoms with Crippen LogP contribution in [0.25, 0.3) is 0 Å². The van der Waals surface area contributed by atoms with E-state index < -0.39 is 0 Å². The lowest BCUT2D eigenvalue weighted by molar-refractivity contribution is 0.610. The Bertz CT molecular complexity index is 448. The molecule has 1 aromatic carbocycles. The maximum absolute atomic E-state index is 13.6. The van der Waals surface area contributed by atoms with Crippen molar-refractivity contribution >= 4 is 29.2 Å². The number of allylic oxidation sites excluding steroid dienone is 1. The number of hydrogen-bond donors (Lipinski definition) is 2. The Kier molecular flexibility index (Phi) is 3.41. The second-order valence-corrected chi connectivity index (χ2v) is 4.16. The fourth-order valence-corrected chi connectivity index (χ4v) is 1.88. The summed E-state index contributed by atoms with van der Waals surface area (Å²) in [6.45, 7) is 0. The number of hydrogen-bond acceptors (Lipinski definition) is 3. The van der Waals surface area contributed by atoms with Crippen LogP contribution in [0.4, 0.5) is 4.39 Å². The molecular formula is C11H10ClFN2S. The number of halogens is 2. The predicted octanol–water partition coefficient (Wildman–Crippen LogP) is 2.38. The van der Waals surface area contributed by atoms with Gasteiger partial charge >= 0.3 is 0 Å². The maximum atomic E-state index is 13.6. The molecule has 1 heterocycles. The van der Waals surface area contributed by atoms with Gasteiger partial charge in [0.15, 0.2) is 0 Å². The topological polar surface area (TPSA) is 24.1 Å². The molecular weight excluding hydrogens is 247 g/mol. The van der Waals surface area contributed by atoms with Gasteiger partial charge in [0.05, 0.1) is 5.02 Å². The zero-order valence-corrected chi connectivity index (χ0v) is 9.91. The largest absolute Gasteiger partial charge is 0.366 e. The van der Waals surface area contributed by atoms with E-state index in [9.17, 15) is 4.39 Å². The number of nitrogens with one attached hydrogen (secondary N) is 2. The lowest BCUT2D eigenvalue weighted by atomic mass is 10.1. The molecule has 2 N–H and O–H groups in total. The number of benzene rings is 1. The first-order chi connectivity index (χ1) is 7.70. The van der Waals surface area contributed by atoms with Crippen LogP contribution >= 0.6 is 23.8 Å². The van der Waals surface area contributed by atoms with E-state index in [4.69, 9.17) is 23.8 Å². The van der Waals surface area contributed by atoms with E-state index in [1.54, 1.807) is 23.7 Å². The molecule has 0 aromatic heterocycles. The van der Waals surface area contributed by atoms with Crippen LogP contribution in [0.3, 0.4) is 0 Å². The van der Waals surface area contributed by atoms with Crippen LogP contribution in [0.2, 0.25) is 5.02 Å². The van der Waals surface area contributed by atoms with Gasteiger partial charge < -0.3 is 10.6 Å². The molecule has 0 saturated carbocycles. The fourth-order valence-electron chi connectivity index (χ4n) is 1.54. The summed E-state index contributed by atoms with van der Waals surface area (Å²) >= 11 is 10.5. The third-order valence-electron chi connectivity index (χ3n) is 2.33. The summed E-state index contributed by atoms with van der Waals surface area (Å²) in [5.41, 5.74) is 1.46. The normalized spacial score (nSPS) is 18.6. The van der Waals surface area contributed by atoms with E-state index >= 15 is 0 Å². The van der Waals surface area contributed by atoms with Gasteiger partial charge in [0.25, 0.3) is 0 Å². The molecule has 0 aliphatic carbocycles. The second-order valence-electron chi connectivity index (χ2n) is 3.48. The van der Waals surface area contributed by atoms with Gasteiger partial charge in [-0.15, -0.1) is 0 Å². The monoisotopic (exact) mass is 256 g/mol. The molecule has 2 nitrogen and oxygen atoms in total. The molecule has 1 aliphatic heterocycles. The van der Waals surface area contributed by atoms with E-state index in [1.807, 2.05) is 0 Å². The number of rotatable bonds is 3. The molecule has 1 aliphatic rings. The molecule has 16 heavy (non-hydrogen) atoms. The van der Waals surface area contributed by atoms with Crippen molar-refractivity contribution in [3.63, 3.8) is 0 Å². The summed E-state index contributed by atoms with van der Waals surface area (Å²) in [4.78, 5) is 0. The van der Waals surface area contributed by atoms with Crippen LogP contribution < -0.4 is 10.6 Å². The van der Waals surface area contributed by atoms with Crippen molar-refractivity contribution < 1.29 is 4.39 Å². The van der Waals surface area contributed by atoms with Crippen LogP contribution in [-0.4, -0.2) is 11.5 Å². The highest BCUT2D eigenvalue weighted by atomic mass is 35.5. The summed E-state index contributed by atoms with van der Waals surface area (Å²) in [7, 11) is 0. The van der Waals surface area contributed by atoms with Crippen LogP contribution in [0.15, 0.2) is 30.1 Å². The summed E-state index contributed by atoms with van der Waals surface area (Å²) in [5, 5.41) is 7.87. The van der Waals surface area contributed by atoms with Crippen LogP contribution in [0, 0.1) is 5.82 Å². The molecule has 2 rings (SSSR count). The minimum atomic E-state index is -0.363.